The SMILES string of the molecule is COc1nccc2c(-c3cc(CN4CCC(C(F)(F)F)CC4)ccc3Oc3ccc(F)cc3F)cn(C)c12. The minimum Gasteiger partial charge on any atom is -0.479 e. The summed E-state index contributed by atoms with van der Waals surface area (Å²) in [6.45, 7) is 1.14. The number of halogens is 5. The van der Waals surface area contributed by atoms with Gasteiger partial charge in [-0.1, -0.05) is 6.07 Å². The van der Waals surface area contributed by atoms with Crippen LogP contribution in [0.25, 0.3) is 22.0 Å². The number of ether oxygens (including phenoxy) is 2. The van der Waals surface area contributed by atoms with Crippen molar-refractivity contribution in [1.29, 1.82) is 0 Å². The predicted octanol–water partition coefficient (Wildman–Crippen LogP) is 7.09. The molecule has 0 spiro atoms. The Balaban J connectivity index is 1.53. The molecule has 0 atom stereocenters. The highest BCUT2D eigenvalue weighted by atomic mass is 19.4. The fraction of sp³-hybridized carbons (Fsp3) is 0.321. The van der Waals surface area contributed by atoms with Gasteiger partial charge in [0, 0.05) is 48.6 Å². The maximum Gasteiger partial charge on any atom is 0.391 e. The number of piperidine rings is 1. The van der Waals surface area contributed by atoms with Crippen molar-refractivity contribution in [2.75, 3.05) is 20.2 Å². The van der Waals surface area contributed by atoms with E-state index in [9.17, 15) is 22.0 Å². The fourth-order valence-corrected chi connectivity index (χ4v) is 5.01. The minimum atomic E-state index is -4.17. The van der Waals surface area contributed by atoms with E-state index in [1.807, 2.05) is 40.9 Å². The molecule has 38 heavy (non-hydrogen) atoms. The Morgan fingerprint density at radius 2 is 1.71 bits per heavy atom. The van der Waals surface area contributed by atoms with Crippen LogP contribution < -0.4 is 9.47 Å². The van der Waals surface area contributed by atoms with Gasteiger partial charge in [-0.3, -0.25) is 4.90 Å². The zero-order valence-corrected chi connectivity index (χ0v) is 20.9. The zero-order valence-electron chi connectivity index (χ0n) is 20.9. The van der Waals surface area contributed by atoms with E-state index in [0.29, 0.717) is 36.8 Å². The molecule has 1 fully saturated rings. The van der Waals surface area contributed by atoms with E-state index in [1.165, 1.54) is 13.2 Å². The van der Waals surface area contributed by atoms with Crippen LogP contribution in [0.5, 0.6) is 17.4 Å². The first kappa shape index (κ1) is 26.0. The molecule has 4 aromatic rings. The summed E-state index contributed by atoms with van der Waals surface area (Å²) < 4.78 is 80.4. The second-order valence-corrected chi connectivity index (χ2v) is 9.47. The average molecular weight is 532 g/mol. The summed E-state index contributed by atoms with van der Waals surface area (Å²) in [7, 11) is 3.38. The Bertz CT molecular complexity index is 1460. The number of aromatic nitrogens is 2. The van der Waals surface area contributed by atoms with Crippen LogP contribution in [0.3, 0.4) is 0 Å². The first-order valence-corrected chi connectivity index (χ1v) is 12.2. The van der Waals surface area contributed by atoms with Crippen molar-refractivity contribution >= 4 is 10.9 Å². The molecular formula is C28H26F5N3O2. The zero-order chi connectivity index (χ0) is 27.0. The van der Waals surface area contributed by atoms with Gasteiger partial charge in [0.15, 0.2) is 11.6 Å². The smallest absolute Gasteiger partial charge is 0.391 e. The summed E-state index contributed by atoms with van der Waals surface area (Å²) in [6, 6.07) is 10.3. The van der Waals surface area contributed by atoms with Crippen LogP contribution >= 0.6 is 0 Å². The van der Waals surface area contributed by atoms with Gasteiger partial charge < -0.3 is 14.0 Å². The first-order chi connectivity index (χ1) is 18.1. The molecule has 0 bridgehead atoms. The van der Waals surface area contributed by atoms with E-state index in [2.05, 4.69) is 4.98 Å². The molecule has 0 aliphatic carbocycles. The van der Waals surface area contributed by atoms with Gasteiger partial charge in [-0.05, 0) is 61.8 Å². The molecule has 3 heterocycles. The Labute approximate surface area is 216 Å². The molecule has 5 rings (SSSR count). The molecule has 0 saturated carbocycles. The summed E-state index contributed by atoms with van der Waals surface area (Å²) in [4.78, 5) is 6.27. The maximum absolute atomic E-state index is 14.4. The molecule has 5 nitrogen and oxygen atoms in total. The number of alkyl halides is 3. The quantitative estimate of drug-likeness (QED) is 0.249. The molecular weight excluding hydrogens is 505 g/mol. The molecule has 0 unspecified atom stereocenters. The van der Waals surface area contributed by atoms with E-state index in [-0.39, 0.29) is 18.6 Å². The van der Waals surface area contributed by atoms with Crippen LogP contribution in [0.15, 0.2) is 54.9 Å². The summed E-state index contributed by atoms with van der Waals surface area (Å²) >= 11 is 0. The van der Waals surface area contributed by atoms with Gasteiger partial charge in [0.2, 0.25) is 5.88 Å². The lowest BCUT2D eigenvalue weighted by Gasteiger charge is -2.33. The summed E-state index contributed by atoms with van der Waals surface area (Å²) in [5.74, 6) is -2.17. The lowest BCUT2D eigenvalue weighted by molar-refractivity contribution is -0.185. The Morgan fingerprint density at radius 3 is 2.39 bits per heavy atom. The first-order valence-electron chi connectivity index (χ1n) is 12.2. The van der Waals surface area contributed by atoms with Gasteiger partial charge in [0.1, 0.15) is 17.1 Å². The average Bonchev–Trinajstić information content (AvgIpc) is 3.22. The highest BCUT2D eigenvalue weighted by molar-refractivity contribution is 5.99. The van der Waals surface area contributed by atoms with Gasteiger partial charge in [-0.25, -0.2) is 13.8 Å². The molecule has 0 N–H and O–H groups in total. The van der Waals surface area contributed by atoms with Crippen LogP contribution in [0.1, 0.15) is 18.4 Å². The number of hydrogen-bond donors (Lipinski definition) is 0. The second kappa shape index (κ2) is 10.2. The van der Waals surface area contributed by atoms with Crippen molar-refractivity contribution in [2.45, 2.75) is 25.6 Å². The molecule has 0 radical (unpaired) electrons. The van der Waals surface area contributed by atoms with Crippen molar-refractivity contribution in [3.8, 4) is 28.5 Å². The molecule has 2 aromatic heterocycles. The third kappa shape index (κ3) is 5.18. The Hall–Kier alpha value is -3.66. The van der Waals surface area contributed by atoms with E-state index in [4.69, 9.17) is 9.47 Å². The normalized spacial score (nSPS) is 15.2. The fourth-order valence-electron chi connectivity index (χ4n) is 5.01. The lowest BCUT2D eigenvalue weighted by atomic mass is 9.95. The molecule has 200 valence electrons. The van der Waals surface area contributed by atoms with Gasteiger partial charge >= 0.3 is 6.18 Å². The van der Waals surface area contributed by atoms with Crippen LogP contribution in [0.2, 0.25) is 0 Å². The number of rotatable bonds is 6. The molecule has 1 aliphatic heterocycles. The Morgan fingerprint density at radius 1 is 0.974 bits per heavy atom. The number of fused-ring (bicyclic) bond motifs is 1. The Kier molecular flexibility index (Phi) is 7.00. The van der Waals surface area contributed by atoms with Gasteiger partial charge in [0.25, 0.3) is 0 Å². The van der Waals surface area contributed by atoms with Gasteiger partial charge in [0.05, 0.1) is 13.0 Å². The van der Waals surface area contributed by atoms with E-state index in [0.717, 1.165) is 34.2 Å². The van der Waals surface area contributed by atoms with Crippen molar-refractivity contribution in [3.05, 3.63) is 72.1 Å². The van der Waals surface area contributed by atoms with Gasteiger partial charge in [-0.15, -0.1) is 0 Å². The highest BCUT2D eigenvalue weighted by Crippen LogP contribution is 2.41. The van der Waals surface area contributed by atoms with Crippen molar-refractivity contribution in [1.82, 2.24) is 14.5 Å². The van der Waals surface area contributed by atoms with Crippen molar-refractivity contribution < 1.29 is 31.4 Å². The number of nitrogens with zero attached hydrogens (tertiary/aromatic N) is 3. The molecule has 0 amide bonds. The van der Waals surface area contributed by atoms with Crippen LogP contribution in [0.4, 0.5) is 22.0 Å². The van der Waals surface area contributed by atoms with E-state index >= 15 is 0 Å². The number of methoxy groups -OCH3 is 1. The minimum absolute atomic E-state index is 0.0670. The summed E-state index contributed by atoms with van der Waals surface area (Å²) in [5.41, 5.74) is 3.05. The maximum atomic E-state index is 14.4. The van der Waals surface area contributed by atoms with E-state index in [1.54, 1.807) is 12.3 Å². The third-order valence-corrected chi connectivity index (χ3v) is 6.95. The number of likely N-dealkylation sites (tertiary alicyclic amines) is 1. The number of pyridine rings is 1. The monoisotopic (exact) mass is 531 g/mol. The second-order valence-electron chi connectivity index (χ2n) is 9.47. The number of benzene rings is 2. The van der Waals surface area contributed by atoms with Crippen LogP contribution in [0, 0.1) is 17.6 Å². The van der Waals surface area contributed by atoms with E-state index < -0.39 is 23.7 Å². The largest absolute Gasteiger partial charge is 0.479 e. The van der Waals surface area contributed by atoms with Crippen LogP contribution in [-0.4, -0.2) is 40.8 Å². The van der Waals surface area contributed by atoms with Gasteiger partial charge in [-0.2, -0.15) is 13.2 Å². The molecule has 2 aromatic carbocycles. The number of hydrogen-bond acceptors (Lipinski definition) is 4. The number of aryl methyl sites for hydroxylation is 1. The van der Waals surface area contributed by atoms with Crippen LogP contribution in [-0.2, 0) is 13.6 Å². The van der Waals surface area contributed by atoms with Crippen molar-refractivity contribution in [3.63, 3.8) is 0 Å². The van der Waals surface area contributed by atoms with Crippen molar-refractivity contribution in [2.24, 2.45) is 13.0 Å². The summed E-state index contributed by atoms with van der Waals surface area (Å²) in [6.07, 6.45) is -0.524. The molecule has 1 saturated heterocycles. The lowest BCUT2D eigenvalue weighted by Crippen LogP contribution is -2.38. The highest BCUT2D eigenvalue weighted by Gasteiger charge is 2.41. The topological polar surface area (TPSA) is 39.5 Å². The molecule has 10 heteroatoms. The third-order valence-electron chi connectivity index (χ3n) is 6.95. The standard InChI is InChI=1S/C28H26F5N3O2/c1-35-16-22(20-7-10-34-27(37-2)26(20)35)21-13-17(15-36-11-8-18(9-12-36)28(31,32)33)3-5-24(21)38-25-6-4-19(29)14-23(25)30/h3-7,10,13-14,16,18H,8-9,11-12,15H2,1-2H3. The molecule has 1 aliphatic rings. The summed E-state index contributed by atoms with van der Waals surface area (Å²) in [5, 5.41) is 0.826. The predicted molar refractivity (Wildman–Crippen MR) is 133 cm³/mol.